The highest BCUT2D eigenvalue weighted by atomic mass is 35.5. The first-order valence-corrected chi connectivity index (χ1v) is 2.70. The van der Waals surface area contributed by atoms with Crippen molar-refractivity contribution in [2.24, 2.45) is 0 Å². The molecular weight excluding hydrogens is 147 g/mol. The first-order chi connectivity index (χ1) is 4.18. The molecule has 0 aliphatic rings. The highest BCUT2D eigenvalue weighted by Crippen LogP contribution is 1.95. The lowest BCUT2D eigenvalue weighted by Gasteiger charge is -2.00. The van der Waals surface area contributed by atoms with Crippen molar-refractivity contribution in [1.29, 1.82) is 0 Å². The summed E-state index contributed by atoms with van der Waals surface area (Å²) >= 11 is 4.84. The molecule has 0 rings (SSSR count). The molecule has 0 radical (unpaired) electrons. The summed E-state index contributed by atoms with van der Waals surface area (Å²) in [6.07, 6.45) is -1.22. The molecule has 54 valence electrons. The summed E-state index contributed by atoms with van der Waals surface area (Å²) in [5, 5.41) is 15.5. The van der Waals surface area contributed by atoms with Gasteiger partial charge in [-0.2, -0.15) is 0 Å². The predicted octanol–water partition coefficient (Wildman–Crippen LogP) is -0.00760. The van der Waals surface area contributed by atoms with E-state index in [9.17, 15) is 4.79 Å². The molecule has 0 spiro atoms. The Morgan fingerprint density at radius 1 is 1.78 bits per heavy atom. The molecule has 0 aromatic heterocycles. The average molecular weight is 155 g/mol. The summed E-state index contributed by atoms with van der Waals surface area (Å²) in [5.41, 5.74) is 0. The van der Waals surface area contributed by atoms with Crippen LogP contribution in [0.15, 0.2) is 0 Å². The molecule has 0 fully saturated rings. The summed E-state index contributed by atoms with van der Waals surface area (Å²) in [6, 6.07) is 0. The molecule has 1 unspecified atom stereocenters. The van der Waals surface area contributed by atoms with Crippen LogP contribution in [0.4, 0.5) is 0 Å². The van der Waals surface area contributed by atoms with Crippen LogP contribution in [-0.2, 0) is 9.68 Å². The summed E-state index contributed by atoms with van der Waals surface area (Å²) < 4.78 is 0. The monoisotopic (exact) mass is 154 g/mol. The van der Waals surface area contributed by atoms with E-state index in [-0.39, 0.29) is 13.0 Å². The van der Waals surface area contributed by atoms with E-state index in [1.54, 1.807) is 0 Å². The molecule has 0 aromatic carbocycles. The van der Waals surface area contributed by atoms with Crippen LogP contribution in [0.1, 0.15) is 6.42 Å². The Hall–Kier alpha value is -0.160. The molecule has 0 aliphatic heterocycles. The molecular formula is C4H7ClO4. The smallest absolute Gasteiger partial charge is 0.250 e. The number of hydrogen-bond donors (Lipinski definition) is 2. The first kappa shape index (κ1) is 8.84. The van der Waals surface area contributed by atoms with Crippen molar-refractivity contribution in [2.45, 2.75) is 12.5 Å². The van der Waals surface area contributed by atoms with Crippen molar-refractivity contribution < 1.29 is 20.0 Å². The molecule has 0 aromatic rings. The summed E-state index contributed by atoms with van der Waals surface area (Å²) in [7, 11) is 0. The Kier molecular flexibility index (Phi) is 4.61. The maximum absolute atomic E-state index is 10.0. The van der Waals surface area contributed by atoms with E-state index in [1.165, 1.54) is 0 Å². The van der Waals surface area contributed by atoms with E-state index in [2.05, 4.69) is 4.89 Å². The van der Waals surface area contributed by atoms with Gasteiger partial charge in [-0.05, 0) is 11.6 Å². The van der Waals surface area contributed by atoms with Crippen LogP contribution in [0, 0.1) is 0 Å². The molecule has 0 amide bonds. The minimum Gasteiger partial charge on any atom is -0.384 e. The van der Waals surface area contributed by atoms with Crippen molar-refractivity contribution in [3.05, 3.63) is 0 Å². The molecule has 0 heterocycles. The van der Waals surface area contributed by atoms with E-state index in [0.717, 1.165) is 0 Å². The van der Waals surface area contributed by atoms with Crippen LogP contribution >= 0.6 is 11.6 Å². The van der Waals surface area contributed by atoms with Gasteiger partial charge >= 0.3 is 0 Å². The van der Waals surface area contributed by atoms with Gasteiger partial charge in [0.25, 0.3) is 0 Å². The number of hydrogen-bond acceptors (Lipinski definition) is 4. The van der Waals surface area contributed by atoms with Gasteiger partial charge in [0.2, 0.25) is 5.24 Å². The van der Waals surface area contributed by atoms with Gasteiger partial charge < -0.3 is 5.11 Å². The maximum Gasteiger partial charge on any atom is 0.250 e. The third kappa shape index (κ3) is 4.35. The van der Waals surface area contributed by atoms with E-state index in [1.807, 2.05) is 0 Å². The second-order valence-corrected chi connectivity index (χ2v) is 1.81. The number of aliphatic hydroxyl groups is 1. The second kappa shape index (κ2) is 4.69. The lowest BCUT2D eigenvalue weighted by Crippen LogP contribution is -2.16. The number of halogens is 1. The van der Waals surface area contributed by atoms with Crippen molar-refractivity contribution >= 4 is 16.8 Å². The zero-order chi connectivity index (χ0) is 7.28. The predicted molar refractivity (Wildman–Crippen MR) is 30.1 cm³/mol. The quantitative estimate of drug-likeness (QED) is 0.340. The Labute approximate surface area is 56.9 Å². The zero-order valence-electron chi connectivity index (χ0n) is 4.58. The van der Waals surface area contributed by atoms with Crippen molar-refractivity contribution in [3.8, 4) is 0 Å². The SMILES string of the molecule is O=C(Cl)C(O)CCOO. The van der Waals surface area contributed by atoms with Crippen LogP contribution in [0.3, 0.4) is 0 Å². The summed E-state index contributed by atoms with van der Waals surface area (Å²) in [4.78, 5) is 13.6. The Balaban J connectivity index is 3.27. The molecule has 0 saturated carbocycles. The highest BCUT2D eigenvalue weighted by Gasteiger charge is 2.10. The van der Waals surface area contributed by atoms with E-state index < -0.39 is 11.3 Å². The fourth-order valence-electron chi connectivity index (χ4n) is 0.278. The zero-order valence-corrected chi connectivity index (χ0v) is 5.34. The van der Waals surface area contributed by atoms with Gasteiger partial charge in [-0.25, -0.2) is 4.89 Å². The molecule has 1 atom stereocenters. The molecule has 0 saturated heterocycles. The minimum absolute atomic E-state index is 0.0127. The van der Waals surface area contributed by atoms with Gasteiger partial charge in [-0.3, -0.25) is 10.1 Å². The van der Waals surface area contributed by atoms with Crippen LogP contribution < -0.4 is 0 Å². The topological polar surface area (TPSA) is 66.8 Å². The normalized spacial score (nSPS) is 13.2. The standard InChI is InChI=1S/C4H7ClO4/c5-4(7)3(6)1-2-9-8/h3,6,8H,1-2H2. The number of carbonyl (C=O) groups excluding carboxylic acids is 1. The third-order valence-corrected chi connectivity index (χ3v) is 0.996. The first-order valence-electron chi connectivity index (χ1n) is 2.32. The van der Waals surface area contributed by atoms with E-state index in [4.69, 9.17) is 22.0 Å². The van der Waals surface area contributed by atoms with Crippen molar-refractivity contribution in [3.63, 3.8) is 0 Å². The van der Waals surface area contributed by atoms with Crippen LogP contribution in [0.25, 0.3) is 0 Å². The maximum atomic E-state index is 10.0. The molecule has 9 heavy (non-hydrogen) atoms. The summed E-state index contributed by atoms with van der Waals surface area (Å²) in [5.74, 6) is 0. The Morgan fingerprint density at radius 3 is 2.67 bits per heavy atom. The van der Waals surface area contributed by atoms with Crippen molar-refractivity contribution in [2.75, 3.05) is 6.61 Å². The Bertz CT molecular complexity index is 94.6. The van der Waals surface area contributed by atoms with Gasteiger partial charge in [-0.15, -0.1) is 0 Å². The van der Waals surface area contributed by atoms with Gasteiger partial charge in [0.1, 0.15) is 6.10 Å². The van der Waals surface area contributed by atoms with Crippen molar-refractivity contribution in [1.82, 2.24) is 0 Å². The third-order valence-electron chi connectivity index (χ3n) is 0.745. The van der Waals surface area contributed by atoms with Crippen LogP contribution in [-0.4, -0.2) is 28.3 Å². The molecule has 5 heteroatoms. The van der Waals surface area contributed by atoms with Crippen LogP contribution in [0.5, 0.6) is 0 Å². The van der Waals surface area contributed by atoms with Crippen LogP contribution in [0.2, 0.25) is 0 Å². The Morgan fingerprint density at radius 2 is 2.33 bits per heavy atom. The second-order valence-electron chi connectivity index (χ2n) is 1.44. The summed E-state index contributed by atoms with van der Waals surface area (Å²) in [6.45, 7) is -0.0976. The number of aliphatic hydroxyl groups excluding tert-OH is 1. The van der Waals surface area contributed by atoms with E-state index in [0.29, 0.717) is 0 Å². The molecule has 4 nitrogen and oxygen atoms in total. The van der Waals surface area contributed by atoms with Gasteiger partial charge in [0, 0.05) is 6.42 Å². The largest absolute Gasteiger partial charge is 0.384 e. The number of rotatable bonds is 4. The van der Waals surface area contributed by atoms with Gasteiger partial charge in [-0.1, -0.05) is 0 Å². The number of carbonyl (C=O) groups is 1. The van der Waals surface area contributed by atoms with Gasteiger partial charge in [0.05, 0.1) is 6.61 Å². The molecule has 0 bridgehead atoms. The minimum atomic E-state index is -1.24. The van der Waals surface area contributed by atoms with Gasteiger partial charge in [0.15, 0.2) is 0 Å². The van der Waals surface area contributed by atoms with E-state index >= 15 is 0 Å². The fraction of sp³-hybridized carbons (Fsp3) is 0.750. The lowest BCUT2D eigenvalue weighted by atomic mass is 10.3. The highest BCUT2D eigenvalue weighted by molar-refractivity contribution is 6.64. The molecule has 2 N–H and O–H groups in total. The molecule has 0 aliphatic carbocycles. The fourth-order valence-corrected chi connectivity index (χ4v) is 0.387. The average Bonchev–Trinajstić information content (AvgIpc) is 1.82. The lowest BCUT2D eigenvalue weighted by molar-refractivity contribution is -0.245.